The van der Waals surface area contributed by atoms with Gasteiger partial charge in [-0.1, -0.05) is 0 Å². The van der Waals surface area contributed by atoms with E-state index in [4.69, 9.17) is 5.11 Å². The molecule has 0 saturated carbocycles. The van der Waals surface area contributed by atoms with Crippen molar-refractivity contribution in [3.63, 3.8) is 0 Å². The van der Waals surface area contributed by atoms with Crippen LogP contribution in [0.2, 0.25) is 0 Å². The first kappa shape index (κ1) is 18.8. The largest absolute Gasteiger partial charge is 0.476 e. The molecule has 0 radical (unpaired) electrons. The highest BCUT2D eigenvalue weighted by molar-refractivity contribution is 7.93. The fourth-order valence-corrected chi connectivity index (χ4v) is 4.12. The molecule has 3 aromatic heterocycles. The number of hydrogen-bond donors (Lipinski definition) is 3. The van der Waals surface area contributed by atoms with E-state index < -0.39 is 38.3 Å². The standard InChI is InChI=1S/C13H8F3N5O4S2/c14-13(15,16)6-1-2-7(17-3-6)9-8(4-19-20-9)27(24,25)21-11-10(12(22)23)18-5-26-11/h1-5,21H,(H,19,20)(H,22,23). The highest BCUT2D eigenvalue weighted by atomic mass is 32.2. The molecule has 0 aliphatic carbocycles. The lowest BCUT2D eigenvalue weighted by Crippen LogP contribution is -2.15. The molecule has 0 aliphatic rings. The molecule has 0 saturated heterocycles. The number of hydrogen-bond acceptors (Lipinski definition) is 7. The number of alkyl halides is 3. The summed E-state index contributed by atoms with van der Waals surface area (Å²) < 4.78 is 65.1. The van der Waals surface area contributed by atoms with Crippen molar-refractivity contribution in [1.82, 2.24) is 20.2 Å². The van der Waals surface area contributed by atoms with Crippen molar-refractivity contribution in [2.75, 3.05) is 4.72 Å². The number of aromatic nitrogens is 4. The number of halogens is 3. The van der Waals surface area contributed by atoms with Crippen LogP contribution < -0.4 is 4.72 Å². The summed E-state index contributed by atoms with van der Waals surface area (Å²) in [5.41, 5.74) is -0.582. The minimum Gasteiger partial charge on any atom is -0.476 e. The lowest BCUT2D eigenvalue weighted by atomic mass is 10.2. The van der Waals surface area contributed by atoms with E-state index in [1.807, 2.05) is 0 Å². The zero-order valence-electron chi connectivity index (χ0n) is 12.9. The SMILES string of the molecule is O=C(O)c1ncsc1NS(=O)(=O)c1cn[nH]c1-c1ccc(C(F)(F)F)cn1. The van der Waals surface area contributed by atoms with E-state index in [1.165, 1.54) is 0 Å². The first-order chi connectivity index (χ1) is 12.6. The summed E-state index contributed by atoms with van der Waals surface area (Å²) in [6.07, 6.45) is -3.10. The molecule has 0 aliphatic heterocycles. The van der Waals surface area contributed by atoms with Crippen LogP contribution in [0.1, 0.15) is 16.1 Å². The van der Waals surface area contributed by atoms with Gasteiger partial charge in [-0.2, -0.15) is 18.3 Å². The van der Waals surface area contributed by atoms with Crippen molar-refractivity contribution in [2.45, 2.75) is 11.1 Å². The molecule has 0 unspecified atom stereocenters. The van der Waals surface area contributed by atoms with Gasteiger partial charge in [-0.05, 0) is 12.1 Å². The molecule has 27 heavy (non-hydrogen) atoms. The van der Waals surface area contributed by atoms with Crippen molar-refractivity contribution in [1.29, 1.82) is 0 Å². The third-order valence-corrected chi connectivity index (χ3v) is 5.47. The molecule has 142 valence electrons. The predicted molar refractivity (Wildman–Crippen MR) is 86.7 cm³/mol. The summed E-state index contributed by atoms with van der Waals surface area (Å²) >= 11 is 0.755. The second-order valence-electron chi connectivity index (χ2n) is 4.98. The van der Waals surface area contributed by atoms with Crippen molar-refractivity contribution < 1.29 is 31.5 Å². The van der Waals surface area contributed by atoms with E-state index in [9.17, 15) is 26.4 Å². The lowest BCUT2D eigenvalue weighted by Gasteiger charge is -2.08. The number of nitrogens with zero attached hydrogens (tertiary/aromatic N) is 3. The molecule has 0 fully saturated rings. The number of sulfonamides is 1. The van der Waals surface area contributed by atoms with Gasteiger partial charge in [0.05, 0.1) is 23.0 Å². The Morgan fingerprint density at radius 2 is 1.96 bits per heavy atom. The summed E-state index contributed by atoms with van der Waals surface area (Å²) in [5.74, 6) is -1.43. The van der Waals surface area contributed by atoms with E-state index in [1.54, 1.807) is 0 Å². The van der Waals surface area contributed by atoms with Gasteiger partial charge in [-0.25, -0.2) is 18.2 Å². The van der Waals surface area contributed by atoms with Crippen molar-refractivity contribution in [3.8, 4) is 11.4 Å². The summed E-state index contributed by atoms with van der Waals surface area (Å²) in [5, 5.41) is 14.7. The highest BCUT2D eigenvalue weighted by Gasteiger charge is 2.31. The van der Waals surface area contributed by atoms with E-state index in [2.05, 4.69) is 24.9 Å². The van der Waals surface area contributed by atoms with E-state index in [-0.39, 0.29) is 16.4 Å². The predicted octanol–water partition coefficient (Wildman–Crippen LogP) is 2.45. The van der Waals surface area contributed by atoms with Crippen LogP contribution in [-0.2, 0) is 16.2 Å². The smallest absolute Gasteiger partial charge is 0.417 e. The third-order valence-electron chi connectivity index (χ3n) is 3.24. The normalized spacial score (nSPS) is 12.1. The average Bonchev–Trinajstić information content (AvgIpc) is 3.23. The summed E-state index contributed by atoms with van der Waals surface area (Å²) in [6, 6.07) is 1.74. The molecule has 14 heteroatoms. The number of H-pyrrole nitrogens is 1. The Morgan fingerprint density at radius 1 is 1.22 bits per heavy atom. The second-order valence-corrected chi connectivity index (χ2v) is 7.49. The quantitative estimate of drug-likeness (QED) is 0.577. The molecular formula is C13H8F3N5O4S2. The molecule has 9 nitrogen and oxygen atoms in total. The Labute approximate surface area is 153 Å². The van der Waals surface area contributed by atoms with Gasteiger partial charge in [-0.3, -0.25) is 14.8 Å². The molecule has 0 atom stereocenters. The molecule has 0 bridgehead atoms. The van der Waals surface area contributed by atoms with Crippen LogP contribution in [0.25, 0.3) is 11.4 Å². The van der Waals surface area contributed by atoms with Gasteiger partial charge in [-0.15, -0.1) is 11.3 Å². The van der Waals surface area contributed by atoms with Crippen LogP contribution in [0.15, 0.2) is 34.9 Å². The van der Waals surface area contributed by atoms with Gasteiger partial charge in [0.25, 0.3) is 10.0 Å². The summed E-state index contributed by atoms with van der Waals surface area (Å²) in [7, 11) is -4.31. The number of thiazole rings is 1. The number of rotatable bonds is 5. The first-order valence-electron chi connectivity index (χ1n) is 6.86. The number of nitrogens with one attached hydrogen (secondary N) is 2. The Morgan fingerprint density at radius 3 is 2.56 bits per heavy atom. The van der Waals surface area contributed by atoms with Gasteiger partial charge in [0.15, 0.2) is 5.69 Å². The van der Waals surface area contributed by atoms with Gasteiger partial charge in [0.1, 0.15) is 15.6 Å². The maximum Gasteiger partial charge on any atom is 0.417 e. The van der Waals surface area contributed by atoms with Gasteiger partial charge >= 0.3 is 12.1 Å². The fraction of sp³-hybridized carbons (Fsp3) is 0.0769. The van der Waals surface area contributed by atoms with Crippen LogP contribution in [0, 0.1) is 0 Å². The molecule has 0 amide bonds. The van der Waals surface area contributed by atoms with E-state index >= 15 is 0 Å². The highest BCUT2D eigenvalue weighted by Crippen LogP contribution is 2.31. The zero-order chi connectivity index (χ0) is 19.8. The maximum absolute atomic E-state index is 12.6. The molecular weight excluding hydrogens is 411 g/mol. The number of aromatic amines is 1. The summed E-state index contributed by atoms with van der Waals surface area (Å²) in [4.78, 5) is 17.8. The number of aromatic carboxylic acids is 1. The molecule has 0 aromatic carbocycles. The van der Waals surface area contributed by atoms with Crippen LogP contribution >= 0.6 is 11.3 Å². The van der Waals surface area contributed by atoms with Crippen LogP contribution in [0.3, 0.4) is 0 Å². The van der Waals surface area contributed by atoms with Crippen LogP contribution in [-0.4, -0.2) is 39.7 Å². The number of carbonyl (C=O) groups is 1. The zero-order valence-corrected chi connectivity index (χ0v) is 14.5. The topological polar surface area (TPSA) is 138 Å². The van der Waals surface area contributed by atoms with Crippen LogP contribution in [0.4, 0.5) is 18.2 Å². The van der Waals surface area contributed by atoms with Crippen LogP contribution in [0.5, 0.6) is 0 Å². The molecule has 3 aromatic rings. The Kier molecular flexibility index (Phi) is 4.61. The lowest BCUT2D eigenvalue weighted by molar-refractivity contribution is -0.137. The number of anilines is 1. The first-order valence-corrected chi connectivity index (χ1v) is 9.22. The van der Waals surface area contributed by atoms with E-state index in [0.29, 0.717) is 6.20 Å². The maximum atomic E-state index is 12.6. The molecule has 3 N–H and O–H groups in total. The molecule has 3 rings (SSSR count). The minimum atomic E-state index is -4.59. The third kappa shape index (κ3) is 3.75. The monoisotopic (exact) mass is 419 g/mol. The van der Waals surface area contributed by atoms with Gasteiger partial charge in [0, 0.05) is 6.20 Å². The molecule has 0 spiro atoms. The van der Waals surface area contributed by atoms with Gasteiger partial charge < -0.3 is 5.11 Å². The number of pyridine rings is 1. The van der Waals surface area contributed by atoms with Crippen molar-refractivity contribution >= 4 is 32.3 Å². The van der Waals surface area contributed by atoms with Gasteiger partial charge in [0.2, 0.25) is 0 Å². The average molecular weight is 419 g/mol. The number of carboxylic acid groups (broad SMARTS) is 1. The molecule has 3 heterocycles. The fourth-order valence-electron chi connectivity index (χ4n) is 2.02. The summed E-state index contributed by atoms with van der Waals surface area (Å²) in [6.45, 7) is 0. The Bertz CT molecular complexity index is 1090. The van der Waals surface area contributed by atoms with E-state index in [0.717, 1.165) is 35.2 Å². The Balaban J connectivity index is 1.96. The minimum absolute atomic E-state index is 0.0939. The van der Waals surface area contributed by atoms with Crippen molar-refractivity contribution in [3.05, 3.63) is 41.3 Å². The second kappa shape index (κ2) is 6.62. The number of carboxylic acids is 1. The van der Waals surface area contributed by atoms with Crippen molar-refractivity contribution in [2.24, 2.45) is 0 Å². The Hall–Kier alpha value is -3.00.